The number of nitrogens with zero attached hydrogens (tertiary/aromatic N) is 4. The SMILES string of the molecule is CC(C)(C)[C@@H](NC(=O)COc1ccc2ccccc2c1)c1nc(-c2ncn[nH]2)no1. The van der Waals surface area contributed by atoms with Gasteiger partial charge in [-0.2, -0.15) is 10.1 Å². The Bertz CT molecular complexity index is 1150. The third-order valence-electron chi connectivity index (χ3n) is 4.58. The second-order valence-corrected chi connectivity index (χ2v) is 7.95. The number of fused-ring (bicyclic) bond motifs is 1. The van der Waals surface area contributed by atoms with Gasteiger partial charge in [-0.1, -0.05) is 56.3 Å². The van der Waals surface area contributed by atoms with Gasteiger partial charge in [-0.3, -0.25) is 9.89 Å². The first-order chi connectivity index (χ1) is 14.4. The minimum Gasteiger partial charge on any atom is -0.484 e. The lowest BCUT2D eigenvalue weighted by Gasteiger charge is -2.28. The number of H-pyrrole nitrogens is 1. The van der Waals surface area contributed by atoms with Crippen LogP contribution in [0.5, 0.6) is 5.75 Å². The van der Waals surface area contributed by atoms with Gasteiger partial charge in [0.1, 0.15) is 18.1 Å². The van der Waals surface area contributed by atoms with Crippen molar-refractivity contribution >= 4 is 16.7 Å². The van der Waals surface area contributed by atoms with E-state index < -0.39 is 6.04 Å². The van der Waals surface area contributed by atoms with Gasteiger partial charge in [0.15, 0.2) is 12.4 Å². The fraction of sp³-hybridized carbons (Fsp3) is 0.286. The van der Waals surface area contributed by atoms with Crippen LogP contribution in [0, 0.1) is 5.41 Å². The van der Waals surface area contributed by atoms with Crippen molar-refractivity contribution in [1.29, 1.82) is 0 Å². The summed E-state index contributed by atoms with van der Waals surface area (Å²) in [6.45, 7) is 5.79. The summed E-state index contributed by atoms with van der Waals surface area (Å²) in [6.07, 6.45) is 1.36. The molecule has 2 N–H and O–H groups in total. The Morgan fingerprint density at radius 3 is 2.73 bits per heavy atom. The lowest BCUT2D eigenvalue weighted by molar-refractivity contribution is -0.124. The quantitative estimate of drug-likeness (QED) is 0.504. The first kappa shape index (κ1) is 19.6. The number of rotatable bonds is 6. The number of hydrogen-bond acceptors (Lipinski definition) is 7. The van der Waals surface area contributed by atoms with E-state index in [0.717, 1.165) is 10.8 Å². The van der Waals surface area contributed by atoms with E-state index in [1.165, 1.54) is 6.33 Å². The number of carbonyl (C=O) groups is 1. The van der Waals surface area contributed by atoms with Crippen LogP contribution in [0.4, 0.5) is 0 Å². The van der Waals surface area contributed by atoms with Crippen molar-refractivity contribution in [1.82, 2.24) is 30.6 Å². The topological polar surface area (TPSA) is 119 Å². The standard InChI is InChI=1S/C21H22N6O3/c1-21(2,3)17(20-25-19(27-30-20)18-22-12-23-26-18)24-16(28)11-29-15-9-8-13-6-4-5-7-14(13)10-15/h4-10,12,17H,11H2,1-3H3,(H,24,28)(H,22,23,26)/t17-/m0/s1. The molecule has 154 valence electrons. The molecule has 0 fully saturated rings. The van der Waals surface area contributed by atoms with Crippen LogP contribution in [0.15, 0.2) is 53.3 Å². The van der Waals surface area contributed by atoms with Gasteiger partial charge in [0, 0.05) is 0 Å². The van der Waals surface area contributed by atoms with Gasteiger partial charge in [0.2, 0.25) is 11.7 Å². The van der Waals surface area contributed by atoms with Crippen LogP contribution >= 0.6 is 0 Å². The zero-order valence-corrected chi connectivity index (χ0v) is 16.9. The summed E-state index contributed by atoms with van der Waals surface area (Å²) in [7, 11) is 0. The molecule has 4 aromatic rings. The van der Waals surface area contributed by atoms with Crippen LogP contribution in [0.3, 0.4) is 0 Å². The summed E-state index contributed by atoms with van der Waals surface area (Å²) in [4.78, 5) is 21.0. The molecule has 0 aliphatic carbocycles. The molecule has 0 spiro atoms. The van der Waals surface area contributed by atoms with Gasteiger partial charge in [0.25, 0.3) is 5.91 Å². The number of ether oxygens (including phenoxy) is 1. The molecule has 2 aromatic heterocycles. The van der Waals surface area contributed by atoms with Crippen LogP contribution in [0.25, 0.3) is 22.4 Å². The van der Waals surface area contributed by atoms with Crippen molar-refractivity contribution < 1.29 is 14.1 Å². The third-order valence-corrected chi connectivity index (χ3v) is 4.58. The first-order valence-corrected chi connectivity index (χ1v) is 9.50. The second-order valence-electron chi connectivity index (χ2n) is 7.95. The Kier molecular flexibility index (Phi) is 5.18. The predicted molar refractivity (Wildman–Crippen MR) is 109 cm³/mol. The van der Waals surface area contributed by atoms with E-state index in [9.17, 15) is 4.79 Å². The molecule has 9 nitrogen and oxygen atoms in total. The number of aromatic amines is 1. The number of carbonyl (C=O) groups excluding carboxylic acids is 1. The van der Waals surface area contributed by atoms with Crippen molar-refractivity contribution in [2.75, 3.05) is 6.61 Å². The minimum atomic E-state index is -0.505. The van der Waals surface area contributed by atoms with Crippen molar-refractivity contribution in [3.63, 3.8) is 0 Å². The average Bonchev–Trinajstić information content (AvgIpc) is 3.41. The highest BCUT2D eigenvalue weighted by Gasteiger charge is 2.33. The molecular weight excluding hydrogens is 384 g/mol. The molecule has 0 radical (unpaired) electrons. The van der Waals surface area contributed by atoms with Crippen LogP contribution < -0.4 is 10.1 Å². The molecule has 9 heteroatoms. The monoisotopic (exact) mass is 406 g/mol. The van der Waals surface area contributed by atoms with Gasteiger partial charge < -0.3 is 14.6 Å². The fourth-order valence-corrected chi connectivity index (χ4v) is 3.02. The van der Waals surface area contributed by atoms with Gasteiger partial charge in [-0.15, -0.1) is 0 Å². The molecule has 2 aromatic carbocycles. The summed E-state index contributed by atoms with van der Waals surface area (Å²) in [5.41, 5.74) is -0.371. The summed E-state index contributed by atoms with van der Waals surface area (Å²) >= 11 is 0. The van der Waals surface area contributed by atoms with Gasteiger partial charge in [0.05, 0.1) is 0 Å². The summed E-state index contributed by atoms with van der Waals surface area (Å²) in [5.74, 6) is 1.29. The molecule has 0 aliphatic heterocycles. The fourth-order valence-electron chi connectivity index (χ4n) is 3.02. The Labute approximate surface area is 172 Å². The Balaban J connectivity index is 1.44. The van der Waals surface area contributed by atoms with E-state index >= 15 is 0 Å². The van der Waals surface area contributed by atoms with Crippen molar-refractivity contribution in [2.24, 2.45) is 5.41 Å². The number of amides is 1. The highest BCUT2D eigenvalue weighted by atomic mass is 16.5. The van der Waals surface area contributed by atoms with E-state index in [-0.39, 0.29) is 29.6 Å². The van der Waals surface area contributed by atoms with Crippen LogP contribution in [-0.4, -0.2) is 37.8 Å². The van der Waals surface area contributed by atoms with E-state index in [1.807, 2.05) is 63.2 Å². The van der Waals surface area contributed by atoms with Crippen molar-refractivity contribution in [2.45, 2.75) is 26.8 Å². The number of hydrogen-bond donors (Lipinski definition) is 2. The van der Waals surface area contributed by atoms with Crippen molar-refractivity contribution in [3.05, 3.63) is 54.7 Å². The Morgan fingerprint density at radius 2 is 2.00 bits per heavy atom. The smallest absolute Gasteiger partial charge is 0.258 e. The normalized spacial score (nSPS) is 12.6. The molecule has 0 bridgehead atoms. The van der Waals surface area contributed by atoms with Gasteiger partial charge in [-0.05, 0) is 28.3 Å². The zero-order valence-electron chi connectivity index (χ0n) is 16.9. The Morgan fingerprint density at radius 1 is 1.20 bits per heavy atom. The zero-order chi connectivity index (χ0) is 21.1. The van der Waals surface area contributed by atoms with E-state index in [2.05, 4.69) is 30.6 Å². The van der Waals surface area contributed by atoms with Crippen molar-refractivity contribution in [3.8, 4) is 17.4 Å². The molecule has 0 aliphatic rings. The van der Waals surface area contributed by atoms with E-state index in [4.69, 9.17) is 9.26 Å². The van der Waals surface area contributed by atoms with Crippen LogP contribution in [0.1, 0.15) is 32.7 Å². The molecule has 0 saturated carbocycles. The summed E-state index contributed by atoms with van der Waals surface area (Å²) in [6, 6.07) is 13.2. The lowest BCUT2D eigenvalue weighted by Crippen LogP contribution is -2.39. The molecule has 2 heterocycles. The molecular formula is C21H22N6O3. The average molecular weight is 406 g/mol. The molecule has 1 atom stereocenters. The number of nitrogens with one attached hydrogen (secondary N) is 2. The number of aromatic nitrogens is 5. The van der Waals surface area contributed by atoms with Gasteiger partial charge >= 0.3 is 0 Å². The first-order valence-electron chi connectivity index (χ1n) is 9.50. The Hall–Kier alpha value is -3.75. The molecule has 0 unspecified atom stereocenters. The lowest BCUT2D eigenvalue weighted by atomic mass is 9.86. The summed E-state index contributed by atoms with van der Waals surface area (Å²) < 4.78 is 11.1. The third kappa shape index (κ3) is 4.29. The van der Waals surface area contributed by atoms with Crippen LogP contribution in [0.2, 0.25) is 0 Å². The molecule has 1 amide bonds. The molecule has 4 rings (SSSR count). The van der Waals surface area contributed by atoms with E-state index in [0.29, 0.717) is 11.6 Å². The highest BCUT2D eigenvalue weighted by Crippen LogP contribution is 2.32. The molecule has 0 saturated heterocycles. The maximum Gasteiger partial charge on any atom is 0.258 e. The maximum absolute atomic E-state index is 12.6. The largest absolute Gasteiger partial charge is 0.484 e. The van der Waals surface area contributed by atoms with Crippen LogP contribution in [-0.2, 0) is 4.79 Å². The summed E-state index contributed by atoms with van der Waals surface area (Å²) in [5, 5.41) is 15.5. The van der Waals surface area contributed by atoms with E-state index in [1.54, 1.807) is 0 Å². The van der Waals surface area contributed by atoms with Gasteiger partial charge in [-0.25, -0.2) is 4.98 Å². The molecule has 30 heavy (non-hydrogen) atoms. The minimum absolute atomic E-state index is 0.131. The predicted octanol–water partition coefficient (Wildman–Crippen LogP) is 3.29. The maximum atomic E-state index is 12.6. The number of benzene rings is 2. The highest BCUT2D eigenvalue weighted by molar-refractivity contribution is 5.84. The second kappa shape index (κ2) is 7.94.